The van der Waals surface area contributed by atoms with Crippen molar-refractivity contribution in [2.24, 2.45) is 5.41 Å². The minimum Gasteiger partial charge on any atom is -0.396 e. The van der Waals surface area contributed by atoms with E-state index in [1.54, 1.807) is 24.7 Å². The first-order chi connectivity index (χ1) is 10.5. The number of aliphatic hydroxyl groups excluding tert-OH is 1. The van der Waals surface area contributed by atoms with E-state index in [2.05, 4.69) is 20.3 Å². The Morgan fingerprint density at radius 2 is 2.05 bits per heavy atom. The number of nitrogens with zero attached hydrogens (tertiary/aromatic N) is 3. The van der Waals surface area contributed by atoms with E-state index in [4.69, 9.17) is 0 Å². The molecule has 2 rings (SSSR count). The summed E-state index contributed by atoms with van der Waals surface area (Å²) in [6.45, 7) is 4.74. The molecule has 0 bridgehead atoms. The quantitative estimate of drug-likeness (QED) is 0.763. The zero-order chi connectivity index (χ0) is 16.0. The molecule has 2 aromatic heterocycles. The molecule has 0 aliphatic heterocycles. The number of aromatic nitrogens is 3. The van der Waals surface area contributed by atoms with Crippen molar-refractivity contribution in [3.8, 4) is 10.8 Å². The Labute approximate surface area is 133 Å². The molecule has 0 aromatic carbocycles. The predicted molar refractivity (Wildman–Crippen MR) is 85.6 cm³/mol. The van der Waals surface area contributed by atoms with Crippen molar-refractivity contribution in [1.29, 1.82) is 0 Å². The Kier molecular flexibility index (Phi) is 5.57. The smallest absolute Gasteiger partial charge is 0.263 e. The maximum absolute atomic E-state index is 12.1. The lowest BCUT2D eigenvalue weighted by atomic mass is 9.89. The van der Waals surface area contributed by atoms with Gasteiger partial charge in [-0.3, -0.25) is 4.79 Å². The van der Waals surface area contributed by atoms with Gasteiger partial charge in [0.1, 0.15) is 4.88 Å². The number of carbonyl (C=O) groups is 1. The number of hydrogen-bond acceptors (Lipinski definition) is 6. The molecule has 0 aliphatic rings. The summed E-state index contributed by atoms with van der Waals surface area (Å²) in [5, 5.41) is 12.7. The van der Waals surface area contributed by atoms with Gasteiger partial charge >= 0.3 is 0 Å². The Bertz CT molecular complexity index is 613. The zero-order valence-electron chi connectivity index (χ0n) is 12.7. The van der Waals surface area contributed by atoms with Crippen LogP contribution in [0.1, 0.15) is 36.4 Å². The van der Waals surface area contributed by atoms with Gasteiger partial charge < -0.3 is 10.4 Å². The second kappa shape index (κ2) is 7.42. The van der Waals surface area contributed by atoms with Crippen molar-refractivity contribution >= 4 is 17.2 Å². The molecule has 1 amide bonds. The summed E-state index contributed by atoms with van der Waals surface area (Å²) in [6.07, 6.45) is 6.52. The summed E-state index contributed by atoms with van der Waals surface area (Å²) in [5.41, 5.74) is -0.104. The van der Waals surface area contributed by atoms with Crippen molar-refractivity contribution in [1.82, 2.24) is 20.3 Å². The van der Waals surface area contributed by atoms with Crippen molar-refractivity contribution < 1.29 is 9.90 Å². The molecule has 0 saturated heterocycles. The molecule has 0 fully saturated rings. The summed E-state index contributed by atoms with van der Waals surface area (Å²) >= 11 is 1.27. The first-order valence-electron chi connectivity index (χ1n) is 7.14. The fourth-order valence-electron chi connectivity index (χ4n) is 1.83. The van der Waals surface area contributed by atoms with Crippen LogP contribution in [0.25, 0.3) is 10.8 Å². The summed E-state index contributed by atoms with van der Waals surface area (Å²) in [6, 6.07) is 1.73. The Hall–Kier alpha value is -1.86. The lowest BCUT2D eigenvalue weighted by molar-refractivity contribution is 0.0952. The SMILES string of the molecule is CC(C)(CO)CCCNC(=O)c1cnc(-c2ncccn2)s1. The number of rotatable bonds is 7. The van der Waals surface area contributed by atoms with Crippen LogP contribution in [0.3, 0.4) is 0 Å². The predicted octanol–water partition coefficient (Wildman–Crippen LogP) is 2.13. The second-order valence-electron chi connectivity index (χ2n) is 5.78. The van der Waals surface area contributed by atoms with Crippen LogP contribution in [-0.2, 0) is 0 Å². The zero-order valence-corrected chi connectivity index (χ0v) is 13.6. The molecule has 0 radical (unpaired) electrons. The van der Waals surface area contributed by atoms with Gasteiger partial charge in [0.2, 0.25) is 0 Å². The van der Waals surface area contributed by atoms with E-state index in [1.165, 1.54) is 11.3 Å². The number of carbonyl (C=O) groups excluding carboxylic acids is 1. The average molecular weight is 320 g/mol. The van der Waals surface area contributed by atoms with Crippen molar-refractivity contribution in [2.75, 3.05) is 13.2 Å². The van der Waals surface area contributed by atoms with E-state index >= 15 is 0 Å². The normalized spacial score (nSPS) is 11.4. The van der Waals surface area contributed by atoms with Crippen LogP contribution < -0.4 is 5.32 Å². The number of hydrogen-bond donors (Lipinski definition) is 2. The molecule has 0 atom stereocenters. The summed E-state index contributed by atoms with van der Waals surface area (Å²) in [4.78, 5) is 25.0. The summed E-state index contributed by atoms with van der Waals surface area (Å²) in [7, 11) is 0. The van der Waals surface area contributed by atoms with Gasteiger partial charge in [-0.05, 0) is 24.3 Å². The summed E-state index contributed by atoms with van der Waals surface area (Å²) < 4.78 is 0. The van der Waals surface area contributed by atoms with E-state index in [1.807, 2.05) is 13.8 Å². The van der Waals surface area contributed by atoms with Crippen molar-refractivity contribution in [3.05, 3.63) is 29.5 Å². The molecule has 22 heavy (non-hydrogen) atoms. The van der Waals surface area contributed by atoms with Gasteiger partial charge in [0.15, 0.2) is 10.8 Å². The van der Waals surface area contributed by atoms with Gasteiger partial charge in [-0.2, -0.15) is 0 Å². The van der Waals surface area contributed by atoms with Gasteiger partial charge in [-0.25, -0.2) is 15.0 Å². The first kappa shape index (κ1) is 16.5. The van der Waals surface area contributed by atoms with Crippen molar-refractivity contribution in [3.63, 3.8) is 0 Å². The molecule has 118 valence electrons. The number of amides is 1. The maximum atomic E-state index is 12.1. The van der Waals surface area contributed by atoms with E-state index < -0.39 is 0 Å². The highest BCUT2D eigenvalue weighted by Gasteiger charge is 2.16. The topological polar surface area (TPSA) is 88.0 Å². The molecule has 0 aliphatic carbocycles. The van der Waals surface area contributed by atoms with Crippen LogP contribution in [0.5, 0.6) is 0 Å². The molecule has 0 saturated carbocycles. The monoisotopic (exact) mass is 320 g/mol. The standard InChI is InChI=1S/C15H20N4O2S/c1-15(2,10-20)5-3-6-18-13(21)11-9-19-14(22-11)12-16-7-4-8-17-12/h4,7-9,20H,3,5-6,10H2,1-2H3,(H,18,21). The third-order valence-corrected chi connectivity index (χ3v) is 4.22. The number of nitrogens with one attached hydrogen (secondary N) is 1. The molecule has 2 N–H and O–H groups in total. The highest BCUT2D eigenvalue weighted by atomic mass is 32.1. The van der Waals surface area contributed by atoms with Crippen LogP contribution in [0.4, 0.5) is 0 Å². The molecule has 2 heterocycles. The molecule has 0 spiro atoms. The van der Waals surface area contributed by atoms with E-state index in [-0.39, 0.29) is 17.9 Å². The molecular weight excluding hydrogens is 300 g/mol. The van der Waals surface area contributed by atoms with Crippen LogP contribution in [0.15, 0.2) is 24.7 Å². The minimum atomic E-state index is -0.138. The highest BCUT2D eigenvalue weighted by molar-refractivity contribution is 7.16. The fourth-order valence-corrected chi connectivity index (χ4v) is 2.61. The Morgan fingerprint density at radius 3 is 2.73 bits per heavy atom. The minimum absolute atomic E-state index is 0.104. The molecular formula is C15H20N4O2S. The van der Waals surface area contributed by atoms with Crippen molar-refractivity contribution in [2.45, 2.75) is 26.7 Å². The van der Waals surface area contributed by atoms with E-state index in [0.29, 0.717) is 22.3 Å². The molecule has 7 heteroatoms. The van der Waals surface area contributed by atoms with E-state index in [0.717, 1.165) is 12.8 Å². The largest absolute Gasteiger partial charge is 0.396 e. The first-order valence-corrected chi connectivity index (χ1v) is 7.96. The van der Waals surface area contributed by atoms with Gasteiger partial charge in [0.05, 0.1) is 6.20 Å². The van der Waals surface area contributed by atoms with E-state index in [9.17, 15) is 9.90 Å². The van der Waals surface area contributed by atoms with Gasteiger partial charge in [0, 0.05) is 25.5 Å². The molecule has 6 nitrogen and oxygen atoms in total. The van der Waals surface area contributed by atoms with Crippen LogP contribution >= 0.6 is 11.3 Å². The molecule has 2 aromatic rings. The van der Waals surface area contributed by atoms with Gasteiger partial charge in [-0.15, -0.1) is 11.3 Å². The maximum Gasteiger partial charge on any atom is 0.263 e. The summed E-state index contributed by atoms with van der Waals surface area (Å²) in [5.74, 6) is 0.387. The molecule has 0 unspecified atom stereocenters. The fraction of sp³-hybridized carbons (Fsp3) is 0.467. The number of aliphatic hydroxyl groups is 1. The van der Waals surface area contributed by atoms with Crippen LogP contribution in [0, 0.1) is 5.41 Å². The third kappa shape index (κ3) is 4.57. The van der Waals surface area contributed by atoms with Gasteiger partial charge in [-0.1, -0.05) is 13.8 Å². The average Bonchev–Trinajstić information content (AvgIpc) is 3.02. The Balaban J connectivity index is 1.85. The lowest BCUT2D eigenvalue weighted by Crippen LogP contribution is -2.25. The highest BCUT2D eigenvalue weighted by Crippen LogP contribution is 2.22. The lowest BCUT2D eigenvalue weighted by Gasteiger charge is -2.21. The number of thiazole rings is 1. The second-order valence-corrected chi connectivity index (χ2v) is 6.81. The third-order valence-electron chi connectivity index (χ3n) is 3.23. The van der Waals surface area contributed by atoms with Crippen LogP contribution in [-0.4, -0.2) is 39.1 Å². The van der Waals surface area contributed by atoms with Gasteiger partial charge in [0.25, 0.3) is 5.91 Å². The Morgan fingerprint density at radius 1 is 1.32 bits per heavy atom. The van der Waals surface area contributed by atoms with Crippen LogP contribution in [0.2, 0.25) is 0 Å².